The summed E-state index contributed by atoms with van der Waals surface area (Å²) in [5, 5.41) is 19.4. The Morgan fingerprint density at radius 3 is 2.22 bits per heavy atom. The molecule has 23 heavy (non-hydrogen) atoms. The van der Waals surface area contributed by atoms with Crippen molar-refractivity contribution < 1.29 is 19.2 Å². The smallest absolute Gasteiger partial charge is 0.381 e. The van der Waals surface area contributed by atoms with Crippen LogP contribution in [0.3, 0.4) is 0 Å². The lowest BCUT2D eigenvalue weighted by Gasteiger charge is -2.03. The fraction of sp³-hybridized carbons (Fsp3) is 0.0556. The van der Waals surface area contributed by atoms with Crippen LogP contribution in [-0.4, -0.2) is 29.0 Å². The van der Waals surface area contributed by atoms with E-state index in [1.54, 1.807) is 30.5 Å². The predicted octanol–water partition coefficient (Wildman–Crippen LogP) is 2.92. The Balaban J connectivity index is 2.66. The maximum atomic E-state index is 11.6. The largest absolute Gasteiger partial charge is 0.497 e. The first kappa shape index (κ1) is 16.0. The highest BCUT2D eigenvalue weighted by atomic mass is 16.5. The van der Waals surface area contributed by atoms with Gasteiger partial charge in [0.2, 0.25) is 5.69 Å². The van der Waals surface area contributed by atoms with Crippen molar-refractivity contribution in [3.8, 4) is 6.07 Å². The summed E-state index contributed by atoms with van der Waals surface area (Å²) in [5.41, 5.74) is 1.22. The number of hydrogen-bond donors (Lipinski definition) is 1. The molecule has 0 amide bonds. The van der Waals surface area contributed by atoms with Crippen molar-refractivity contribution in [2.45, 2.75) is 0 Å². The van der Waals surface area contributed by atoms with Gasteiger partial charge in [0.15, 0.2) is 12.3 Å². The quantitative estimate of drug-likeness (QED) is 0.235. The van der Waals surface area contributed by atoms with Gasteiger partial charge in [-0.1, -0.05) is 36.4 Å². The number of ether oxygens (including phenoxy) is 1. The SMILES string of the molecule is COC(=O)/C(O)=C(\C#N)[N+](=Cc1ccccc1)c1ccccc1. The fourth-order valence-electron chi connectivity index (χ4n) is 1.96. The summed E-state index contributed by atoms with van der Waals surface area (Å²) in [6.45, 7) is 0. The maximum absolute atomic E-state index is 11.6. The van der Waals surface area contributed by atoms with Gasteiger partial charge in [-0.05, 0) is 12.1 Å². The Morgan fingerprint density at radius 2 is 1.70 bits per heavy atom. The van der Waals surface area contributed by atoms with Gasteiger partial charge in [-0.25, -0.2) is 4.79 Å². The van der Waals surface area contributed by atoms with Crippen LogP contribution in [0.2, 0.25) is 0 Å². The van der Waals surface area contributed by atoms with Crippen molar-refractivity contribution >= 4 is 17.9 Å². The number of para-hydroxylation sites is 1. The highest BCUT2D eigenvalue weighted by molar-refractivity contribution is 5.87. The Morgan fingerprint density at radius 1 is 1.13 bits per heavy atom. The fourth-order valence-corrected chi connectivity index (χ4v) is 1.96. The Bertz CT molecular complexity index is 788. The van der Waals surface area contributed by atoms with Crippen LogP contribution in [0.15, 0.2) is 72.1 Å². The summed E-state index contributed by atoms with van der Waals surface area (Å²) in [6, 6.07) is 20.1. The van der Waals surface area contributed by atoms with E-state index >= 15 is 0 Å². The number of aliphatic hydroxyl groups is 1. The highest BCUT2D eigenvalue weighted by Gasteiger charge is 2.27. The average Bonchev–Trinajstić information content (AvgIpc) is 2.62. The summed E-state index contributed by atoms with van der Waals surface area (Å²) in [5.74, 6) is -1.71. The highest BCUT2D eigenvalue weighted by Crippen LogP contribution is 2.18. The number of carbonyl (C=O) groups excluding carboxylic acids is 1. The number of esters is 1. The molecule has 0 fully saturated rings. The molecule has 5 nitrogen and oxygen atoms in total. The minimum atomic E-state index is -0.969. The summed E-state index contributed by atoms with van der Waals surface area (Å²) < 4.78 is 5.94. The monoisotopic (exact) mass is 307 g/mol. The Hall–Kier alpha value is -3.39. The van der Waals surface area contributed by atoms with E-state index in [2.05, 4.69) is 4.74 Å². The molecule has 0 saturated carbocycles. The molecule has 0 aliphatic heterocycles. The number of rotatable bonds is 4. The lowest BCUT2D eigenvalue weighted by atomic mass is 10.2. The number of allylic oxidation sites excluding steroid dienone is 1. The third-order valence-electron chi connectivity index (χ3n) is 3.06. The molecular formula is C18H15N2O3+. The summed E-state index contributed by atoms with van der Waals surface area (Å²) in [7, 11) is 1.14. The van der Waals surface area contributed by atoms with Crippen molar-refractivity contribution in [1.82, 2.24) is 0 Å². The third kappa shape index (κ3) is 3.83. The third-order valence-corrected chi connectivity index (χ3v) is 3.06. The number of hydrogen-bond acceptors (Lipinski definition) is 4. The van der Waals surface area contributed by atoms with Crippen LogP contribution in [0.25, 0.3) is 0 Å². The molecule has 0 atom stereocenters. The standard InChI is InChI=1S/C18H14N2O3/c1-23-18(22)17(21)16(12-19)20(15-10-6-3-7-11-15)13-14-8-4-2-5-9-14/h2-11,13H,1H3/p+1/b17-16-,20-13?. The van der Waals surface area contributed by atoms with E-state index in [4.69, 9.17) is 0 Å². The van der Waals surface area contributed by atoms with Crippen LogP contribution in [0.5, 0.6) is 0 Å². The zero-order valence-electron chi connectivity index (χ0n) is 12.5. The minimum Gasteiger partial charge on any atom is -0.497 e. The Labute approximate surface area is 134 Å². The molecule has 0 unspecified atom stereocenters. The molecule has 5 heteroatoms. The van der Waals surface area contributed by atoms with Gasteiger partial charge in [0, 0.05) is 17.7 Å². The van der Waals surface area contributed by atoms with E-state index in [1.165, 1.54) is 4.58 Å². The van der Waals surface area contributed by atoms with E-state index in [0.29, 0.717) is 5.69 Å². The number of nitriles is 1. The predicted molar refractivity (Wildman–Crippen MR) is 85.3 cm³/mol. The molecule has 0 spiro atoms. The molecule has 114 valence electrons. The molecule has 0 saturated heterocycles. The van der Waals surface area contributed by atoms with Crippen molar-refractivity contribution in [3.63, 3.8) is 0 Å². The first-order chi connectivity index (χ1) is 11.2. The summed E-state index contributed by atoms with van der Waals surface area (Å²) in [4.78, 5) is 11.6. The van der Waals surface area contributed by atoms with Crippen molar-refractivity contribution in [2.75, 3.05) is 7.11 Å². The zero-order chi connectivity index (χ0) is 16.7. The van der Waals surface area contributed by atoms with Gasteiger partial charge in [-0.3, -0.25) is 0 Å². The van der Waals surface area contributed by atoms with Crippen LogP contribution in [0, 0.1) is 11.3 Å². The molecule has 2 aromatic rings. The number of nitrogens with zero attached hydrogens (tertiary/aromatic N) is 2. The first-order valence-corrected chi connectivity index (χ1v) is 6.83. The minimum absolute atomic E-state index is 0.216. The summed E-state index contributed by atoms with van der Waals surface area (Å²) >= 11 is 0. The van der Waals surface area contributed by atoms with Gasteiger partial charge in [-0.15, -0.1) is 4.58 Å². The Kier molecular flexibility index (Phi) is 5.26. The van der Waals surface area contributed by atoms with Crippen LogP contribution >= 0.6 is 0 Å². The van der Waals surface area contributed by atoms with Crippen molar-refractivity contribution in [1.29, 1.82) is 5.26 Å². The van der Waals surface area contributed by atoms with Gasteiger partial charge in [0.1, 0.15) is 0 Å². The normalized spacial score (nSPS) is 12.1. The molecular weight excluding hydrogens is 292 g/mol. The number of aliphatic hydroxyl groups excluding tert-OH is 1. The second kappa shape index (κ2) is 7.57. The number of methoxy groups -OCH3 is 1. The average molecular weight is 307 g/mol. The second-order valence-corrected chi connectivity index (χ2v) is 4.55. The van der Waals surface area contributed by atoms with E-state index in [-0.39, 0.29) is 5.70 Å². The molecule has 1 N–H and O–H groups in total. The molecule has 0 heterocycles. The van der Waals surface area contributed by atoms with Gasteiger partial charge < -0.3 is 9.84 Å². The number of benzene rings is 2. The molecule has 0 aliphatic rings. The van der Waals surface area contributed by atoms with E-state index in [0.717, 1.165) is 12.7 Å². The van der Waals surface area contributed by atoms with Crippen LogP contribution in [0.4, 0.5) is 5.69 Å². The van der Waals surface area contributed by atoms with Crippen molar-refractivity contribution in [3.05, 3.63) is 77.7 Å². The lowest BCUT2D eigenvalue weighted by molar-refractivity contribution is -0.372. The molecule has 0 aromatic heterocycles. The molecule has 0 aliphatic carbocycles. The second-order valence-electron chi connectivity index (χ2n) is 4.55. The molecule has 2 aromatic carbocycles. The molecule has 0 radical (unpaired) electrons. The van der Waals surface area contributed by atoms with Gasteiger partial charge in [0.25, 0.3) is 5.76 Å². The van der Waals surface area contributed by atoms with E-state index < -0.39 is 11.7 Å². The van der Waals surface area contributed by atoms with E-state index in [9.17, 15) is 15.2 Å². The van der Waals surface area contributed by atoms with E-state index in [1.807, 2.05) is 42.5 Å². The van der Waals surface area contributed by atoms with Crippen LogP contribution in [-0.2, 0) is 9.53 Å². The van der Waals surface area contributed by atoms with Crippen LogP contribution < -0.4 is 0 Å². The van der Waals surface area contributed by atoms with Crippen molar-refractivity contribution in [2.24, 2.45) is 0 Å². The maximum Gasteiger partial charge on any atom is 0.381 e. The topological polar surface area (TPSA) is 73.3 Å². The zero-order valence-corrected chi connectivity index (χ0v) is 12.5. The molecule has 2 rings (SSSR count). The first-order valence-electron chi connectivity index (χ1n) is 6.83. The van der Waals surface area contributed by atoms with Gasteiger partial charge in [0.05, 0.1) is 7.11 Å². The lowest BCUT2D eigenvalue weighted by Crippen LogP contribution is -2.15. The van der Waals surface area contributed by atoms with Crippen LogP contribution in [0.1, 0.15) is 5.56 Å². The van der Waals surface area contributed by atoms with Gasteiger partial charge in [-0.2, -0.15) is 5.26 Å². The molecule has 0 bridgehead atoms. The summed E-state index contributed by atoms with van der Waals surface area (Å²) in [6.07, 6.45) is 1.66. The van der Waals surface area contributed by atoms with Gasteiger partial charge >= 0.3 is 11.7 Å². The number of carbonyl (C=O) groups is 1.